The van der Waals surface area contributed by atoms with Gasteiger partial charge in [0.05, 0.1) is 29.6 Å². The van der Waals surface area contributed by atoms with Crippen LogP contribution in [0.2, 0.25) is 0 Å². The lowest BCUT2D eigenvalue weighted by molar-refractivity contribution is -0.118. The van der Waals surface area contributed by atoms with E-state index < -0.39 is 0 Å². The van der Waals surface area contributed by atoms with Gasteiger partial charge >= 0.3 is 0 Å². The van der Waals surface area contributed by atoms with Crippen molar-refractivity contribution in [3.8, 4) is 0 Å². The SMILES string of the molecule is C/C(=N/NC(=O)CSc1nc2ccccc2n1Cc1ccc(C)cc1)c1ccco1. The van der Waals surface area contributed by atoms with Gasteiger partial charge in [0.2, 0.25) is 0 Å². The van der Waals surface area contributed by atoms with Crippen LogP contribution in [0.3, 0.4) is 0 Å². The van der Waals surface area contributed by atoms with Crippen LogP contribution in [0, 0.1) is 6.92 Å². The number of thioether (sulfide) groups is 1. The van der Waals surface area contributed by atoms with Crippen molar-refractivity contribution in [3.05, 3.63) is 83.8 Å². The molecular formula is C23H22N4O2S. The zero-order chi connectivity index (χ0) is 20.9. The number of hydrazone groups is 1. The quantitative estimate of drug-likeness (QED) is 0.270. The Kier molecular flexibility index (Phi) is 5.99. The summed E-state index contributed by atoms with van der Waals surface area (Å²) in [6.45, 7) is 4.56. The first-order valence-corrected chi connectivity index (χ1v) is 10.6. The van der Waals surface area contributed by atoms with Gasteiger partial charge in [0.15, 0.2) is 5.16 Å². The summed E-state index contributed by atoms with van der Waals surface area (Å²) in [5.41, 5.74) is 7.58. The van der Waals surface area contributed by atoms with Crippen LogP contribution >= 0.6 is 11.8 Å². The van der Waals surface area contributed by atoms with Crippen molar-refractivity contribution in [2.75, 3.05) is 5.75 Å². The van der Waals surface area contributed by atoms with Crippen molar-refractivity contribution < 1.29 is 9.21 Å². The van der Waals surface area contributed by atoms with Crippen LogP contribution in [0.25, 0.3) is 11.0 Å². The van der Waals surface area contributed by atoms with Gasteiger partial charge in [0.1, 0.15) is 11.5 Å². The molecule has 6 nitrogen and oxygen atoms in total. The number of hydrogen-bond acceptors (Lipinski definition) is 5. The Labute approximate surface area is 179 Å². The summed E-state index contributed by atoms with van der Waals surface area (Å²) in [5, 5.41) is 4.91. The average molecular weight is 419 g/mol. The second kappa shape index (κ2) is 9.00. The highest BCUT2D eigenvalue weighted by atomic mass is 32.2. The fourth-order valence-electron chi connectivity index (χ4n) is 3.04. The number of furan rings is 1. The Bertz CT molecular complexity index is 1180. The van der Waals surface area contributed by atoms with E-state index in [9.17, 15) is 4.79 Å². The van der Waals surface area contributed by atoms with Crippen LogP contribution in [-0.2, 0) is 11.3 Å². The van der Waals surface area contributed by atoms with Gasteiger partial charge in [-0.05, 0) is 43.7 Å². The standard InChI is InChI=1S/C23H22N4O2S/c1-16-9-11-18(12-10-16)14-27-20-7-4-3-6-19(20)24-23(27)30-15-22(28)26-25-17(2)21-8-5-13-29-21/h3-13H,14-15H2,1-2H3,(H,26,28)/b25-17-. The van der Waals surface area contributed by atoms with Crippen LogP contribution in [0.5, 0.6) is 0 Å². The van der Waals surface area contributed by atoms with Gasteiger partial charge in [0, 0.05) is 0 Å². The summed E-state index contributed by atoms with van der Waals surface area (Å²) in [6.07, 6.45) is 1.57. The summed E-state index contributed by atoms with van der Waals surface area (Å²) in [6, 6.07) is 20.1. The number of nitrogens with zero attached hydrogens (tertiary/aromatic N) is 3. The van der Waals surface area contributed by atoms with Gasteiger partial charge in [-0.25, -0.2) is 10.4 Å². The summed E-state index contributed by atoms with van der Waals surface area (Å²) in [5.74, 6) is 0.647. The van der Waals surface area contributed by atoms with E-state index >= 15 is 0 Å². The molecule has 0 unspecified atom stereocenters. The number of hydrogen-bond donors (Lipinski definition) is 1. The molecule has 0 spiro atoms. The molecule has 2 aromatic heterocycles. The molecule has 1 N–H and O–H groups in total. The molecule has 7 heteroatoms. The molecule has 0 fully saturated rings. The molecule has 0 atom stereocenters. The van der Waals surface area contributed by atoms with E-state index in [1.54, 1.807) is 25.3 Å². The molecule has 0 saturated carbocycles. The third kappa shape index (κ3) is 4.63. The Balaban J connectivity index is 1.48. The number of aromatic nitrogens is 2. The number of aryl methyl sites for hydroxylation is 1. The van der Waals surface area contributed by atoms with Gasteiger partial charge in [0.25, 0.3) is 5.91 Å². The van der Waals surface area contributed by atoms with E-state index in [1.165, 1.54) is 22.9 Å². The van der Waals surface area contributed by atoms with Gasteiger partial charge < -0.3 is 8.98 Å². The number of nitrogens with one attached hydrogen (secondary N) is 1. The maximum atomic E-state index is 12.3. The Hall–Kier alpha value is -3.32. The highest BCUT2D eigenvalue weighted by Crippen LogP contribution is 2.25. The van der Waals surface area contributed by atoms with Crippen molar-refractivity contribution >= 4 is 34.4 Å². The third-order valence-electron chi connectivity index (χ3n) is 4.64. The molecule has 0 aliphatic rings. The molecule has 4 aromatic rings. The van der Waals surface area contributed by atoms with Gasteiger partial charge in [-0.2, -0.15) is 5.10 Å². The lowest BCUT2D eigenvalue weighted by atomic mass is 10.1. The number of carbonyl (C=O) groups is 1. The third-order valence-corrected chi connectivity index (χ3v) is 5.62. The molecule has 0 aliphatic carbocycles. The zero-order valence-corrected chi connectivity index (χ0v) is 17.6. The molecule has 152 valence electrons. The van der Waals surface area contributed by atoms with Crippen molar-refractivity contribution in [3.63, 3.8) is 0 Å². The van der Waals surface area contributed by atoms with Gasteiger partial charge in [-0.1, -0.05) is 53.7 Å². The maximum Gasteiger partial charge on any atom is 0.250 e. The fraction of sp³-hybridized carbons (Fsp3) is 0.174. The monoisotopic (exact) mass is 418 g/mol. The van der Waals surface area contributed by atoms with E-state index in [4.69, 9.17) is 9.40 Å². The molecule has 4 rings (SSSR count). The van der Waals surface area contributed by atoms with Crippen molar-refractivity contribution in [1.29, 1.82) is 0 Å². The first-order chi connectivity index (χ1) is 14.6. The molecule has 0 bridgehead atoms. The highest BCUT2D eigenvalue weighted by Gasteiger charge is 2.13. The largest absolute Gasteiger partial charge is 0.463 e. The molecule has 0 aliphatic heterocycles. The molecule has 1 amide bonds. The van der Waals surface area contributed by atoms with E-state index in [-0.39, 0.29) is 11.7 Å². The normalized spacial score (nSPS) is 11.7. The van der Waals surface area contributed by atoms with E-state index in [0.717, 1.165) is 16.2 Å². The zero-order valence-electron chi connectivity index (χ0n) is 16.8. The second-order valence-corrected chi connectivity index (χ2v) is 7.90. The first-order valence-electron chi connectivity index (χ1n) is 9.61. The summed E-state index contributed by atoms with van der Waals surface area (Å²) in [7, 11) is 0. The minimum absolute atomic E-state index is 0.195. The van der Waals surface area contributed by atoms with E-state index in [1.807, 2.05) is 18.2 Å². The van der Waals surface area contributed by atoms with Gasteiger partial charge in [-0.3, -0.25) is 4.79 Å². The summed E-state index contributed by atoms with van der Waals surface area (Å²) in [4.78, 5) is 17.0. The number of imidazole rings is 1. The maximum absolute atomic E-state index is 12.3. The Morgan fingerprint density at radius 2 is 1.93 bits per heavy atom. The predicted molar refractivity (Wildman–Crippen MR) is 120 cm³/mol. The number of rotatable bonds is 7. The molecule has 2 heterocycles. The van der Waals surface area contributed by atoms with E-state index in [0.29, 0.717) is 18.0 Å². The molecule has 2 aromatic carbocycles. The number of benzene rings is 2. The number of para-hydroxylation sites is 2. The molecular weight excluding hydrogens is 396 g/mol. The average Bonchev–Trinajstić information content (AvgIpc) is 3.41. The smallest absolute Gasteiger partial charge is 0.250 e. The summed E-state index contributed by atoms with van der Waals surface area (Å²) >= 11 is 1.40. The van der Waals surface area contributed by atoms with Crippen molar-refractivity contribution in [2.45, 2.75) is 25.5 Å². The number of amides is 1. The van der Waals surface area contributed by atoms with Crippen molar-refractivity contribution in [1.82, 2.24) is 15.0 Å². The highest BCUT2D eigenvalue weighted by molar-refractivity contribution is 7.99. The van der Waals surface area contributed by atoms with Crippen molar-refractivity contribution in [2.24, 2.45) is 5.10 Å². The minimum atomic E-state index is -0.195. The van der Waals surface area contributed by atoms with Crippen LogP contribution in [0.1, 0.15) is 23.8 Å². The Morgan fingerprint density at radius 3 is 2.70 bits per heavy atom. The summed E-state index contributed by atoms with van der Waals surface area (Å²) < 4.78 is 7.42. The minimum Gasteiger partial charge on any atom is -0.463 e. The Morgan fingerprint density at radius 1 is 1.13 bits per heavy atom. The number of fused-ring (bicyclic) bond motifs is 1. The molecule has 0 saturated heterocycles. The predicted octanol–water partition coefficient (Wildman–Crippen LogP) is 4.62. The van der Waals surface area contributed by atoms with E-state index in [2.05, 4.69) is 52.3 Å². The van der Waals surface area contributed by atoms with Crippen LogP contribution in [-0.4, -0.2) is 26.9 Å². The van der Waals surface area contributed by atoms with Gasteiger partial charge in [-0.15, -0.1) is 0 Å². The molecule has 0 radical (unpaired) electrons. The number of carbonyl (C=O) groups excluding carboxylic acids is 1. The lowest BCUT2D eigenvalue weighted by Gasteiger charge is -2.09. The second-order valence-electron chi connectivity index (χ2n) is 6.95. The van der Waals surface area contributed by atoms with Crippen LogP contribution < -0.4 is 5.43 Å². The first kappa shape index (κ1) is 20.0. The fourth-order valence-corrected chi connectivity index (χ4v) is 3.85. The van der Waals surface area contributed by atoms with Crippen LogP contribution in [0.4, 0.5) is 0 Å². The lowest BCUT2D eigenvalue weighted by Crippen LogP contribution is -2.21. The van der Waals surface area contributed by atoms with Crippen LogP contribution in [0.15, 0.2) is 81.6 Å². The molecule has 30 heavy (non-hydrogen) atoms. The topological polar surface area (TPSA) is 72.4 Å².